The highest BCUT2D eigenvalue weighted by molar-refractivity contribution is 7.07. The minimum Gasteiger partial charge on any atom is -0.496 e. The number of carboxylic acids is 1. The average molecular weight is 585 g/mol. The summed E-state index contributed by atoms with van der Waals surface area (Å²) >= 11 is 1.24. The molecule has 0 spiro atoms. The van der Waals surface area contributed by atoms with Gasteiger partial charge in [-0.25, -0.2) is 14.6 Å². The van der Waals surface area contributed by atoms with Gasteiger partial charge in [-0.05, 0) is 61.4 Å². The minimum absolute atomic E-state index is 0.188. The van der Waals surface area contributed by atoms with Gasteiger partial charge in [-0.1, -0.05) is 53.8 Å². The zero-order chi connectivity index (χ0) is 29.8. The molecule has 0 fully saturated rings. The molecule has 0 amide bonds. The number of methoxy groups -OCH3 is 1. The second-order valence-electron chi connectivity index (χ2n) is 9.41. The fourth-order valence-electron chi connectivity index (χ4n) is 4.75. The summed E-state index contributed by atoms with van der Waals surface area (Å²) in [6.07, 6.45) is 1.77. The van der Waals surface area contributed by atoms with Crippen molar-refractivity contribution in [3.05, 3.63) is 126 Å². The third kappa shape index (κ3) is 5.75. The Morgan fingerprint density at radius 1 is 1.07 bits per heavy atom. The number of nitrogens with zero attached hydrogens (tertiary/aromatic N) is 2. The van der Waals surface area contributed by atoms with E-state index < -0.39 is 18.0 Å². The van der Waals surface area contributed by atoms with Gasteiger partial charge in [0.2, 0.25) is 0 Å². The van der Waals surface area contributed by atoms with E-state index in [2.05, 4.69) is 4.99 Å². The summed E-state index contributed by atoms with van der Waals surface area (Å²) in [5, 5.41) is 9.19. The molecule has 1 N–H and O–H groups in total. The Morgan fingerprint density at radius 3 is 2.55 bits per heavy atom. The summed E-state index contributed by atoms with van der Waals surface area (Å²) < 4.78 is 18.7. The normalized spacial score (nSPS) is 14.6. The molecular formula is C32H28N2O7S. The maximum absolute atomic E-state index is 13.8. The van der Waals surface area contributed by atoms with Crippen molar-refractivity contribution in [2.45, 2.75) is 26.5 Å². The van der Waals surface area contributed by atoms with Crippen molar-refractivity contribution in [2.75, 3.05) is 13.7 Å². The summed E-state index contributed by atoms with van der Waals surface area (Å²) in [5.41, 5.74) is 2.84. The van der Waals surface area contributed by atoms with Gasteiger partial charge in [0, 0.05) is 5.56 Å². The predicted molar refractivity (Wildman–Crippen MR) is 158 cm³/mol. The monoisotopic (exact) mass is 584 g/mol. The smallest absolute Gasteiger partial charge is 0.338 e. The zero-order valence-electron chi connectivity index (χ0n) is 23.2. The molecule has 1 aliphatic heterocycles. The van der Waals surface area contributed by atoms with Gasteiger partial charge in [0.1, 0.15) is 24.1 Å². The summed E-state index contributed by atoms with van der Waals surface area (Å²) in [6, 6.07) is 20.3. The lowest BCUT2D eigenvalue weighted by molar-refractivity contribution is -0.139. The summed E-state index contributed by atoms with van der Waals surface area (Å²) in [5.74, 6) is -0.388. The number of allylic oxidation sites excluding steroid dienone is 1. The number of ether oxygens (including phenoxy) is 3. The van der Waals surface area contributed by atoms with Gasteiger partial charge in [0.15, 0.2) is 4.80 Å². The van der Waals surface area contributed by atoms with Gasteiger partial charge < -0.3 is 19.3 Å². The molecule has 1 aromatic heterocycles. The number of rotatable bonds is 9. The average Bonchev–Trinajstić information content (AvgIpc) is 3.30. The Hall–Kier alpha value is -4.96. The second kappa shape index (κ2) is 12.3. The number of para-hydroxylation sites is 1. The van der Waals surface area contributed by atoms with Gasteiger partial charge in [-0.2, -0.15) is 0 Å². The number of carboxylic acid groups (broad SMARTS) is 1. The molecule has 2 heterocycles. The van der Waals surface area contributed by atoms with E-state index in [9.17, 15) is 19.5 Å². The van der Waals surface area contributed by atoms with Crippen molar-refractivity contribution in [2.24, 2.45) is 4.99 Å². The lowest BCUT2D eigenvalue weighted by atomic mass is 9.95. The van der Waals surface area contributed by atoms with Gasteiger partial charge in [0.25, 0.3) is 5.56 Å². The van der Waals surface area contributed by atoms with Crippen molar-refractivity contribution >= 4 is 29.4 Å². The first-order chi connectivity index (χ1) is 20.3. The predicted octanol–water partition coefficient (Wildman–Crippen LogP) is 4.08. The molecule has 1 unspecified atom stereocenters. The van der Waals surface area contributed by atoms with Crippen molar-refractivity contribution in [3.63, 3.8) is 0 Å². The first kappa shape index (κ1) is 28.6. The van der Waals surface area contributed by atoms with Gasteiger partial charge >= 0.3 is 11.9 Å². The molecule has 0 saturated heterocycles. The first-order valence-electron chi connectivity index (χ1n) is 13.2. The lowest BCUT2D eigenvalue weighted by Crippen LogP contribution is -2.40. The molecule has 4 aromatic rings. The Bertz CT molecular complexity index is 1870. The highest BCUT2D eigenvalue weighted by Crippen LogP contribution is 2.35. The van der Waals surface area contributed by atoms with Gasteiger partial charge in [0.05, 0.1) is 35.1 Å². The number of esters is 1. The van der Waals surface area contributed by atoms with Gasteiger partial charge in [-0.3, -0.25) is 9.36 Å². The van der Waals surface area contributed by atoms with Crippen LogP contribution in [0.5, 0.6) is 11.5 Å². The van der Waals surface area contributed by atoms with Crippen LogP contribution in [0.15, 0.2) is 93.9 Å². The van der Waals surface area contributed by atoms with E-state index >= 15 is 0 Å². The van der Waals surface area contributed by atoms with Crippen LogP contribution < -0.4 is 24.4 Å². The maximum Gasteiger partial charge on any atom is 0.338 e. The number of thiazole rings is 1. The molecule has 0 bridgehead atoms. The first-order valence-corrected chi connectivity index (χ1v) is 14.0. The van der Waals surface area contributed by atoms with Crippen LogP contribution in [0.1, 0.15) is 46.9 Å². The Morgan fingerprint density at radius 2 is 1.83 bits per heavy atom. The molecule has 1 aliphatic rings. The molecule has 0 saturated carbocycles. The number of carbonyl (C=O) groups excluding carboxylic acids is 1. The van der Waals surface area contributed by atoms with Crippen LogP contribution in [0.2, 0.25) is 0 Å². The molecule has 9 nitrogen and oxygen atoms in total. The van der Waals surface area contributed by atoms with Crippen molar-refractivity contribution in [3.8, 4) is 11.5 Å². The number of aromatic carboxylic acids is 1. The highest BCUT2D eigenvalue weighted by Gasteiger charge is 2.34. The van der Waals surface area contributed by atoms with Crippen LogP contribution >= 0.6 is 11.3 Å². The third-order valence-corrected chi connectivity index (χ3v) is 7.69. The van der Waals surface area contributed by atoms with Crippen molar-refractivity contribution in [1.29, 1.82) is 0 Å². The fourth-order valence-corrected chi connectivity index (χ4v) is 5.80. The van der Waals surface area contributed by atoms with E-state index in [4.69, 9.17) is 14.2 Å². The molecule has 42 heavy (non-hydrogen) atoms. The fraction of sp³-hybridized carbons (Fsp3) is 0.188. The van der Waals surface area contributed by atoms with Crippen LogP contribution in [0.4, 0.5) is 0 Å². The topological polar surface area (TPSA) is 116 Å². The van der Waals surface area contributed by atoms with E-state index in [0.29, 0.717) is 32.1 Å². The maximum atomic E-state index is 13.8. The molecule has 1 atom stereocenters. The number of benzene rings is 3. The van der Waals surface area contributed by atoms with Crippen molar-refractivity contribution in [1.82, 2.24) is 4.57 Å². The van der Waals surface area contributed by atoms with Crippen LogP contribution in [-0.2, 0) is 16.1 Å². The number of hydrogen-bond acceptors (Lipinski definition) is 8. The lowest BCUT2D eigenvalue weighted by Gasteiger charge is -2.25. The van der Waals surface area contributed by atoms with Crippen LogP contribution in [0.3, 0.4) is 0 Å². The number of fused-ring (bicyclic) bond motifs is 1. The largest absolute Gasteiger partial charge is 0.496 e. The standard InChI is InChI=1S/C32H28N2O7S/c1-4-40-31(38)27-19(2)33-32-34(28(27)24-10-5-6-11-25(24)39-3)29(35)26(42-32)17-20-12-14-23(15-13-20)41-18-21-8-7-9-22(16-21)30(36)37/h5-17,28H,4,18H2,1-3H3,(H,36,37)/b26-17-. The molecular weight excluding hydrogens is 556 g/mol. The summed E-state index contributed by atoms with van der Waals surface area (Å²) in [7, 11) is 1.55. The molecule has 10 heteroatoms. The van der Waals surface area contributed by atoms with E-state index in [0.717, 1.165) is 11.1 Å². The Kier molecular flexibility index (Phi) is 8.35. The summed E-state index contributed by atoms with van der Waals surface area (Å²) in [4.78, 5) is 43.2. The van der Waals surface area contributed by atoms with E-state index in [1.807, 2.05) is 30.3 Å². The molecule has 0 aliphatic carbocycles. The molecule has 0 radical (unpaired) electrons. The van der Waals surface area contributed by atoms with Crippen LogP contribution in [-0.4, -0.2) is 35.3 Å². The molecule has 5 rings (SSSR count). The number of aromatic nitrogens is 1. The van der Waals surface area contributed by atoms with E-state index in [-0.39, 0.29) is 29.9 Å². The second-order valence-corrected chi connectivity index (χ2v) is 10.4. The van der Waals surface area contributed by atoms with Crippen LogP contribution in [0.25, 0.3) is 6.08 Å². The highest BCUT2D eigenvalue weighted by atomic mass is 32.1. The Labute approximate surface area is 245 Å². The van der Waals surface area contributed by atoms with E-state index in [1.165, 1.54) is 22.0 Å². The van der Waals surface area contributed by atoms with E-state index in [1.54, 1.807) is 63.4 Å². The quantitative estimate of drug-likeness (QED) is 0.295. The number of hydrogen-bond donors (Lipinski definition) is 1. The minimum atomic E-state index is -0.993. The summed E-state index contributed by atoms with van der Waals surface area (Å²) in [6.45, 7) is 3.87. The molecule has 214 valence electrons. The molecule has 3 aromatic carbocycles. The van der Waals surface area contributed by atoms with Gasteiger partial charge in [-0.15, -0.1) is 0 Å². The Balaban J connectivity index is 1.48. The number of carbonyl (C=O) groups is 2. The third-order valence-electron chi connectivity index (χ3n) is 6.71. The zero-order valence-corrected chi connectivity index (χ0v) is 24.0. The van der Waals surface area contributed by atoms with Crippen molar-refractivity contribution < 1.29 is 28.9 Å². The van der Waals surface area contributed by atoms with Crippen LogP contribution in [0, 0.1) is 0 Å². The SMILES string of the molecule is CCOC(=O)C1=C(C)N=c2s/c(=C\c3ccc(OCc4cccc(C(=O)O)c4)cc3)c(=O)n2C1c1ccccc1OC.